The van der Waals surface area contributed by atoms with E-state index in [9.17, 15) is 8.42 Å². The Balaban J connectivity index is 1.91. The van der Waals surface area contributed by atoms with Gasteiger partial charge in [-0.2, -0.15) is 5.10 Å². The molecule has 0 saturated heterocycles. The molecule has 2 heterocycles. The third-order valence-electron chi connectivity index (χ3n) is 3.30. The first-order chi connectivity index (χ1) is 11.1. The van der Waals surface area contributed by atoms with Crippen LogP contribution >= 0.6 is 0 Å². The molecule has 0 aliphatic carbocycles. The van der Waals surface area contributed by atoms with E-state index in [4.69, 9.17) is 0 Å². The molecule has 2 aromatic heterocycles. The Labute approximate surface area is 134 Å². The van der Waals surface area contributed by atoms with Gasteiger partial charge in [0.25, 0.3) is 0 Å². The van der Waals surface area contributed by atoms with Crippen LogP contribution in [0, 0.1) is 0 Å². The summed E-state index contributed by atoms with van der Waals surface area (Å²) in [7, 11) is -1.99. The third kappa shape index (κ3) is 3.46. The average molecular weight is 328 g/mol. The van der Waals surface area contributed by atoms with Gasteiger partial charge in [0.1, 0.15) is 10.6 Å². The fourth-order valence-electron chi connectivity index (χ4n) is 2.21. The number of rotatable bonds is 5. The molecule has 0 atom stereocenters. The van der Waals surface area contributed by atoms with E-state index in [1.165, 1.54) is 10.9 Å². The summed E-state index contributed by atoms with van der Waals surface area (Å²) in [4.78, 5) is 4.27. The molecule has 0 aliphatic heterocycles. The molecule has 23 heavy (non-hydrogen) atoms. The number of hydrogen-bond acceptors (Lipinski definition) is 4. The van der Waals surface area contributed by atoms with Gasteiger partial charge in [0, 0.05) is 25.0 Å². The Bertz CT molecular complexity index is 890. The second kappa shape index (κ2) is 6.31. The van der Waals surface area contributed by atoms with Crippen molar-refractivity contribution < 1.29 is 8.42 Å². The molecular weight excluding hydrogens is 312 g/mol. The van der Waals surface area contributed by atoms with Gasteiger partial charge in [-0.05, 0) is 12.1 Å². The molecule has 118 valence electrons. The minimum absolute atomic E-state index is 0.131. The van der Waals surface area contributed by atoms with Crippen LogP contribution in [0.5, 0.6) is 0 Å². The van der Waals surface area contributed by atoms with Crippen LogP contribution in [-0.4, -0.2) is 23.2 Å². The summed E-state index contributed by atoms with van der Waals surface area (Å²) in [6.07, 6.45) is 3.13. The molecule has 0 radical (unpaired) electrons. The zero-order valence-corrected chi connectivity index (χ0v) is 13.4. The standard InChI is InChI=1S/C16H16N4O2S/c1-20-12-15(16(19-20)13-7-3-2-4-8-13)23(21,22)18-11-14-9-5-6-10-17-14/h2-10,12,18H,11H2,1H3. The molecule has 0 amide bonds. The second-order valence-electron chi connectivity index (χ2n) is 5.03. The smallest absolute Gasteiger partial charge is 0.244 e. The Kier molecular flexibility index (Phi) is 4.22. The van der Waals surface area contributed by atoms with Crippen LogP contribution in [0.4, 0.5) is 0 Å². The van der Waals surface area contributed by atoms with E-state index in [-0.39, 0.29) is 11.4 Å². The number of pyridine rings is 1. The Morgan fingerprint density at radius 2 is 1.83 bits per heavy atom. The average Bonchev–Trinajstić information content (AvgIpc) is 2.98. The highest BCUT2D eigenvalue weighted by molar-refractivity contribution is 7.89. The maximum Gasteiger partial charge on any atom is 0.244 e. The number of benzene rings is 1. The first-order valence-corrected chi connectivity index (χ1v) is 8.53. The van der Waals surface area contributed by atoms with E-state index in [0.717, 1.165) is 5.56 Å². The lowest BCUT2D eigenvalue weighted by Crippen LogP contribution is -2.23. The molecule has 0 fully saturated rings. The summed E-state index contributed by atoms with van der Waals surface area (Å²) in [5, 5.41) is 4.28. The van der Waals surface area contributed by atoms with E-state index in [2.05, 4.69) is 14.8 Å². The molecule has 0 spiro atoms. The summed E-state index contributed by atoms with van der Waals surface area (Å²) >= 11 is 0. The lowest BCUT2D eigenvalue weighted by Gasteiger charge is -2.06. The predicted molar refractivity (Wildman–Crippen MR) is 86.9 cm³/mol. The van der Waals surface area contributed by atoms with Gasteiger partial charge in [-0.15, -0.1) is 0 Å². The number of aromatic nitrogens is 3. The van der Waals surface area contributed by atoms with Gasteiger partial charge < -0.3 is 0 Å². The Morgan fingerprint density at radius 1 is 1.09 bits per heavy atom. The quantitative estimate of drug-likeness (QED) is 0.777. The van der Waals surface area contributed by atoms with Crippen molar-refractivity contribution in [1.29, 1.82) is 0 Å². The molecule has 1 aromatic carbocycles. The normalized spacial score (nSPS) is 11.5. The predicted octanol–water partition coefficient (Wildman–Crippen LogP) is 1.96. The zero-order valence-electron chi connectivity index (χ0n) is 12.5. The topological polar surface area (TPSA) is 76.9 Å². The molecule has 3 aromatic rings. The van der Waals surface area contributed by atoms with Gasteiger partial charge >= 0.3 is 0 Å². The monoisotopic (exact) mass is 328 g/mol. The number of aryl methyl sites for hydroxylation is 1. The lowest BCUT2D eigenvalue weighted by atomic mass is 10.2. The fraction of sp³-hybridized carbons (Fsp3) is 0.125. The van der Waals surface area contributed by atoms with Gasteiger partial charge in [0.05, 0.1) is 12.2 Å². The molecule has 0 saturated carbocycles. The maximum atomic E-state index is 12.6. The summed E-state index contributed by atoms with van der Waals surface area (Å²) in [5.41, 5.74) is 1.84. The van der Waals surface area contributed by atoms with Crippen LogP contribution < -0.4 is 4.72 Å². The fourth-order valence-corrected chi connectivity index (χ4v) is 3.41. The first kappa shape index (κ1) is 15.4. The Morgan fingerprint density at radius 3 is 2.52 bits per heavy atom. The lowest BCUT2D eigenvalue weighted by molar-refractivity contribution is 0.580. The van der Waals surface area contributed by atoms with E-state index < -0.39 is 10.0 Å². The number of nitrogens with one attached hydrogen (secondary N) is 1. The van der Waals surface area contributed by atoms with Crippen molar-refractivity contribution in [2.45, 2.75) is 11.4 Å². The minimum Gasteiger partial charge on any atom is -0.274 e. The molecular formula is C16H16N4O2S. The van der Waals surface area contributed by atoms with E-state index >= 15 is 0 Å². The molecule has 6 nitrogen and oxygen atoms in total. The number of sulfonamides is 1. The number of hydrogen-bond donors (Lipinski definition) is 1. The van der Waals surface area contributed by atoms with Crippen molar-refractivity contribution in [2.75, 3.05) is 0 Å². The molecule has 0 bridgehead atoms. The third-order valence-corrected chi connectivity index (χ3v) is 4.70. The van der Waals surface area contributed by atoms with Crippen molar-refractivity contribution in [1.82, 2.24) is 19.5 Å². The SMILES string of the molecule is Cn1cc(S(=O)(=O)NCc2ccccn2)c(-c2ccccc2)n1. The molecule has 0 unspecified atom stereocenters. The highest BCUT2D eigenvalue weighted by Crippen LogP contribution is 2.25. The van der Waals surface area contributed by atoms with E-state index in [1.54, 1.807) is 25.4 Å². The van der Waals surface area contributed by atoms with Gasteiger partial charge in [0.15, 0.2) is 0 Å². The summed E-state index contributed by atoms with van der Waals surface area (Å²) in [6, 6.07) is 14.6. The van der Waals surface area contributed by atoms with Crippen molar-refractivity contribution in [3.05, 3.63) is 66.6 Å². The van der Waals surface area contributed by atoms with Crippen molar-refractivity contribution in [3.63, 3.8) is 0 Å². The van der Waals surface area contributed by atoms with Crippen LogP contribution in [0.1, 0.15) is 5.69 Å². The summed E-state index contributed by atoms with van der Waals surface area (Å²) in [5.74, 6) is 0. The molecule has 3 rings (SSSR count). The van der Waals surface area contributed by atoms with Crippen LogP contribution in [-0.2, 0) is 23.6 Å². The van der Waals surface area contributed by atoms with Gasteiger partial charge in [-0.25, -0.2) is 13.1 Å². The molecule has 7 heteroatoms. The van der Waals surface area contributed by atoms with Crippen LogP contribution in [0.25, 0.3) is 11.3 Å². The van der Waals surface area contributed by atoms with E-state index in [1.807, 2.05) is 36.4 Å². The minimum atomic E-state index is -3.69. The van der Waals surface area contributed by atoms with Gasteiger partial charge in [-0.3, -0.25) is 9.67 Å². The van der Waals surface area contributed by atoms with Crippen LogP contribution in [0.15, 0.2) is 65.8 Å². The first-order valence-electron chi connectivity index (χ1n) is 7.05. The molecule has 0 aliphatic rings. The van der Waals surface area contributed by atoms with Gasteiger partial charge in [0.2, 0.25) is 10.0 Å². The second-order valence-corrected chi connectivity index (χ2v) is 6.76. The maximum absolute atomic E-state index is 12.6. The van der Waals surface area contributed by atoms with Crippen LogP contribution in [0.2, 0.25) is 0 Å². The Hall–Kier alpha value is -2.51. The van der Waals surface area contributed by atoms with Crippen LogP contribution in [0.3, 0.4) is 0 Å². The van der Waals surface area contributed by atoms with Crippen molar-refractivity contribution in [3.8, 4) is 11.3 Å². The van der Waals surface area contributed by atoms with Crippen molar-refractivity contribution in [2.24, 2.45) is 7.05 Å². The number of nitrogens with zero attached hydrogens (tertiary/aromatic N) is 3. The van der Waals surface area contributed by atoms with E-state index in [0.29, 0.717) is 11.4 Å². The van der Waals surface area contributed by atoms with Gasteiger partial charge in [-0.1, -0.05) is 36.4 Å². The molecule has 1 N–H and O–H groups in total. The van der Waals surface area contributed by atoms with Crippen molar-refractivity contribution >= 4 is 10.0 Å². The zero-order chi connectivity index (χ0) is 16.3. The summed E-state index contributed by atoms with van der Waals surface area (Å²) in [6.45, 7) is 0.131. The highest BCUT2D eigenvalue weighted by atomic mass is 32.2. The highest BCUT2D eigenvalue weighted by Gasteiger charge is 2.22. The summed E-state index contributed by atoms with van der Waals surface area (Å²) < 4.78 is 29.3. The largest absolute Gasteiger partial charge is 0.274 e.